The summed E-state index contributed by atoms with van der Waals surface area (Å²) in [5, 5.41) is 10.8. The summed E-state index contributed by atoms with van der Waals surface area (Å²) in [5.41, 5.74) is -0.726. The zero-order chi connectivity index (χ0) is 17.5. The Bertz CT molecular complexity index is 943. The van der Waals surface area contributed by atoms with Crippen molar-refractivity contribution < 1.29 is 18.1 Å². The van der Waals surface area contributed by atoms with Crippen molar-refractivity contribution in [3.63, 3.8) is 0 Å². The Labute approximate surface area is 146 Å². The SMILES string of the molecule is O=[N+]([O-])c1c[c]c(Sc2nc3cc(C(F)(F)F)ccc3s2)c(Cl)c1. The fraction of sp³-hybridized carbons (Fsp3) is 0.0714. The van der Waals surface area contributed by atoms with E-state index in [0.29, 0.717) is 13.9 Å². The average molecular weight is 390 g/mol. The van der Waals surface area contributed by atoms with E-state index in [-0.39, 0.29) is 16.2 Å². The van der Waals surface area contributed by atoms with E-state index in [9.17, 15) is 23.3 Å². The highest BCUT2D eigenvalue weighted by atomic mass is 35.5. The highest BCUT2D eigenvalue weighted by Crippen LogP contribution is 2.40. The summed E-state index contributed by atoms with van der Waals surface area (Å²) in [6, 6.07) is 8.41. The highest BCUT2D eigenvalue weighted by molar-refractivity contribution is 8.01. The summed E-state index contributed by atoms with van der Waals surface area (Å²) in [5.74, 6) is 0. The molecule has 1 aromatic heterocycles. The van der Waals surface area contributed by atoms with Crippen LogP contribution in [0.3, 0.4) is 0 Å². The summed E-state index contributed by atoms with van der Waals surface area (Å²) in [6.07, 6.45) is -4.43. The van der Waals surface area contributed by atoms with Crippen LogP contribution in [0.5, 0.6) is 0 Å². The van der Waals surface area contributed by atoms with Crippen LogP contribution >= 0.6 is 34.7 Å². The molecule has 0 spiro atoms. The Kier molecular flexibility index (Phi) is 4.41. The fourth-order valence-corrected chi connectivity index (χ4v) is 4.08. The molecule has 0 aliphatic rings. The second-order valence-electron chi connectivity index (χ2n) is 4.55. The first-order valence-electron chi connectivity index (χ1n) is 6.25. The molecule has 0 aliphatic carbocycles. The quantitative estimate of drug-likeness (QED) is 0.418. The predicted octanol–water partition coefficient (Wildman–Crippen LogP) is 5.83. The Balaban J connectivity index is 1.92. The van der Waals surface area contributed by atoms with Crippen LogP contribution in [0, 0.1) is 16.2 Å². The Morgan fingerprint density at radius 2 is 2.08 bits per heavy atom. The third-order valence-electron chi connectivity index (χ3n) is 2.94. The van der Waals surface area contributed by atoms with Crippen molar-refractivity contribution in [3.05, 3.63) is 57.1 Å². The standard InChI is InChI=1S/C14H5ClF3N2O2S2/c15-9-6-8(20(21)22)2-4-11(9)23-13-19-10-5-7(14(16,17)18)1-3-12(10)24-13/h1-3,5-6H. The molecule has 0 unspecified atom stereocenters. The molecule has 1 heterocycles. The Morgan fingerprint density at radius 3 is 2.71 bits per heavy atom. The number of nitro benzene ring substituents is 1. The molecule has 0 bridgehead atoms. The van der Waals surface area contributed by atoms with Crippen LogP contribution in [0.2, 0.25) is 5.02 Å². The molecule has 0 fully saturated rings. The maximum Gasteiger partial charge on any atom is 0.416 e. The van der Waals surface area contributed by atoms with Gasteiger partial charge in [-0.15, -0.1) is 11.3 Å². The minimum atomic E-state index is -4.43. The van der Waals surface area contributed by atoms with Gasteiger partial charge in [-0.3, -0.25) is 10.1 Å². The van der Waals surface area contributed by atoms with Gasteiger partial charge in [0.2, 0.25) is 0 Å². The summed E-state index contributed by atoms with van der Waals surface area (Å²) in [7, 11) is 0. The lowest BCUT2D eigenvalue weighted by Crippen LogP contribution is -2.03. The third kappa shape index (κ3) is 3.47. The van der Waals surface area contributed by atoms with Gasteiger partial charge >= 0.3 is 6.18 Å². The summed E-state index contributed by atoms with van der Waals surface area (Å²) < 4.78 is 39.2. The number of aromatic nitrogens is 1. The maximum absolute atomic E-state index is 12.7. The molecule has 24 heavy (non-hydrogen) atoms. The molecule has 123 valence electrons. The van der Waals surface area contributed by atoms with Gasteiger partial charge in [0.05, 0.1) is 25.7 Å². The number of thiazole rings is 1. The molecule has 3 aromatic rings. The smallest absolute Gasteiger partial charge is 0.258 e. The van der Waals surface area contributed by atoms with E-state index in [1.165, 1.54) is 29.5 Å². The van der Waals surface area contributed by atoms with E-state index in [4.69, 9.17) is 11.6 Å². The number of fused-ring (bicyclic) bond motifs is 1. The van der Waals surface area contributed by atoms with E-state index in [1.54, 1.807) is 0 Å². The van der Waals surface area contributed by atoms with Crippen molar-refractivity contribution in [1.29, 1.82) is 0 Å². The molecule has 3 rings (SSSR count). The molecule has 0 aliphatic heterocycles. The number of halogens is 4. The van der Waals surface area contributed by atoms with Crippen molar-refractivity contribution in [2.24, 2.45) is 0 Å². The van der Waals surface area contributed by atoms with Crippen LogP contribution in [0.25, 0.3) is 10.2 Å². The largest absolute Gasteiger partial charge is 0.416 e. The van der Waals surface area contributed by atoms with Gasteiger partial charge in [-0.2, -0.15) is 13.2 Å². The van der Waals surface area contributed by atoms with E-state index < -0.39 is 16.7 Å². The molecule has 10 heteroatoms. The van der Waals surface area contributed by atoms with Gasteiger partial charge in [-0.25, -0.2) is 4.98 Å². The van der Waals surface area contributed by atoms with Crippen LogP contribution in [-0.2, 0) is 6.18 Å². The normalized spacial score (nSPS) is 11.8. The topological polar surface area (TPSA) is 56.0 Å². The van der Waals surface area contributed by atoms with Crippen LogP contribution in [0.1, 0.15) is 5.56 Å². The monoisotopic (exact) mass is 389 g/mol. The van der Waals surface area contributed by atoms with Crippen molar-refractivity contribution in [1.82, 2.24) is 4.98 Å². The first-order chi connectivity index (χ1) is 11.2. The van der Waals surface area contributed by atoms with Gasteiger partial charge in [0.25, 0.3) is 5.69 Å². The summed E-state index contributed by atoms with van der Waals surface area (Å²) in [4.78, 5) is 14.6. The minimum Gasteiger partial charge on any atom is -0.258 e. The first kappa shape index (κ1) is 17.0. The predicted molar refractivity (Wildman–Crippen MR) is 85.7 cm³/mol. The molecule has 0 saturated carbocycles. The number of rotatable bonds is 3. The fourth-order valence-electron chi connectivity index (χ4n) is 1.84. The summed E-state index contributed by atoms with van der Waals surface area (Å²) >= 11 is 8.27. The third-order valence-corrected chi connectivity index (χ3v) is 5.49. The molecular formula is C14H5ClF3N2O2S2. The van der Waals surface area contributed by atoms with Gasteiger partial charge in [0.15, 0.2) is 4.34 Å². The Morgan fingerprint density at radius 1 is 1.33 bits per heavy atom. The van der Waals surface area contributed by atoms with Crippen molar-refractivity contribution in [2.45, 2.75) is 15.4 Å². The zero-order valence-corrected chi connectivity index (χ0v) is 13.8. The molecule has 0 N–H and O–H groups in total. The van der Waals surface area contributed by atoms with E-state index in [1.807, 2.05) is 0 Å². The second kappa shape index (κ2) is 6.23. The number of hydrogen-bond acceptors (Lipinski definition) is 5. The van der Waals surface area contributed by atoms with Crippen molar-refractivity contribution in [3.8, 4) is 0 Å². The van der Waals surface area contributed by atoms with Gasteiger partial charge in [-0.1, -0.05) is 23.4 Å². The molecule has 0 saturated heterocycles. The number of alkyl halides is 3. The molecule has 0 atom stereocenters. The lowest BCUT2D eigenvalue weighted by molar-refractivity contribution is -0.384. The van der Waals surface area contributed by atoms with Gasteiger partial charge in [-0.05, 0) is 18.2 Å². The number of non-ortho nitro benzene ring substituents is 1. The molecule has 2 aromatic carbocycles. The second-order valence-corrected chi connectivity index (χ2v) is 7.25. The zero-order valence-electron chi connectivity index (χ0n) is 11.4. The summed E-state index contributed by atoms with van der Waals surface area (Å²) in [6.45, 7) is 0. The number of nitro groups is 1. The van der Waals surface area contributed by atoms with Gasteiger partial charge in [0.1, 0.15) is 0 Å². The van der Waals surface area contributed by atoms with Crippen LogP contribution < -0.4 is 0 Å². The highest BCUT2D eigenvalue weighted by Gasteiger charge is 2.30. The molecular weight excluding hydrogens is 385 g/mol. The van der Waals surface area contributed by atoms with Gasteiger partial charge < -0.3 is 0 Å². The lowest BCUT2D eigenvalue weighted by Gasteiger charge is -2.04. The lowest BCUT2D eigenvalue weighted by atomic mass is 10.2. The van der Waals surface area contributed by atoms with E-state index >= 15 is 0 Å². The van der Waals surface area contributed by atoms with Crippen molar-refractivity contribution >= 4 is 50.6 Å². The van der Waals surface area contributed by atoms with Crippen LogP contribution in [-0.4, -0.2) is 9.91 Å². The number of nitrogens with zero attached hydrogens (tertiary/aromatic N) is 2. The van der Waals surface area contributed by atoms with E-state index in [0.717, 1.165) is 23.9 Å². The average Bonchev–Trinajstić information content (AvgIpc) is 2.89. The first-order valence-corrected chi connectivity index (χ1v) is 8.26. The molecule has 1 radical (unpaired) electrons. The van der Waals surface area contributed by atoms with Crippen molar-refractivity contribution in [2.75, 3.05) is 0 Å². The molecule has 0 amide bonds. The number of benzene rings is 2. The molecule has 4 nitrogen and oxygen atoms in total. The maximum atomic E-state index is 12.7. The van der Waals surface area contributed by atoms with Crippen LogP contribution in [0.4, 0.5) is 18.9 Å². The van der Waals surface area contributed by atoms with Gasteiger partial charge in [0, 0.05) is 23.1 Å². The van der Waals surface area contributed by atoms with Crippen LogP contribution in [0.15, 0.2) is 39.6 Å². The Hall–Kier alpha value is -1.84. The van der Waals surface area contributed by atoms with E-state index in [2.05, 4.69) is 11.1 Å². The minimum absolute atomic E-state index is 0.129. The number of hydrogen-bond donors (Lipinski definition) is 0.